The number of aromatic amines is 1. The third kappa shape index (κ3) is 2.72. The van der Waals surface area contributed by atoms with E-state index in [9.17, 15) is 9.18 Å². The van der Waals surface area contributed by atoms with Crippen LogP contribution < -0.4 is 5.32 Å². The Labute approximate surface area is 120 Å². The Morgan fingerprint density at radius 3 is 2.71 bits per heavy atom. The van der Waals surface area contributed by atoms with E-state index in [2.05, 4.69) is 10.3 Å². The minimum Gasteiger partial charge on any atom is -0.477 e. The van der Waals surface area contributed by atoms with Gasteiger partial charge < -0.3 is 15.4 Å². The first-order valence-corrected chi connectivity index (χ1v) is 6.44. The van der Waals surface area contributed by atoms with Crippen LogP contribution in [-0.4, -0.2) is 16.1 Å². The quantitative estimate of drug-likeness (QED) is 0.676. The third-order valence-electron chi connectivity index (χ3n) is 3.22. The van der Waals surface area contributed by atoms with Crippen molar-refractivity contribution in [2.75, 3.05) is 5.32 Å². The van der Waals surface area contributed by atoms with Gasteiger partial charge in [-0.05, 0) is 35.9 Å². The highest BCUT2D eigenvalue weighted by Gasteiger charge is 2.07. The molecule has 21 heavy (non-hydrogen) atoms. The lowest BCUT2D eigenvalue weighted by Gasteiger charge is -2.07. The number of aromatic nitrogens is 1. The fourth-order valence-electron chi connectivity index (χ4n) is 2.22. The molecule has 0 aliphatic heterocycles. The van der Waals surface area contributed by atoms with Gasteiger partial charge in [-0.3, -0.25) is 0 Å². The zero-order chi connectivity index (χ0) is 14.8. The van der Waals surface area contributed by atoms with Crippen molar-refractivity contribution in [1.29, 1.82) is 0 Å². The largest absolute Gasteiger partial charge is 0.477 e. The third-order valence-corrected chi connectivity index (χ3v) is 3.22. The topological polar surface area (TPSA) is 65.1 Å². The second kappa shape index (κ2) is 5.28. The molecular weight excluding hydrogens is 271 g/mol. The van der Waals surface area contributed by atoms with Crippen LogP contribution in [0.1, 0.15) is 16.1 Å². The van der Waals surface area contributed by atoms with E-state index in [-0.39, 0.29) is 5.69 Å². The highest BCUT2D eigenvalue weighted by Crippen LogP contribution is 2.23. The number of nitrogens with one attached hydrogen (secondary N) is 2. The first kappa shape index (κ1) is 13.2. The summed E-state index contributed by atoms with van der Waals surface area (Å²) in [7, 11) is 0. The van der Waals surface area contributed by atoms with Crippen molar-refractivity contribution >= 4 is 28.2 Å². The van der Waals surface area contributed by atoms with E-state index >= 15 is 0 Å². The fourth-order valence-corrected chi connectivity index (χ4v) is 2.22. The number of carboxylic acid groups (broad SMARTS) is 1. The van der Waals surface area contributed by atoms with Gasteiger partial charge in [0.05, 0.1) is 0 Å². The number of aromatic carboxylic acids is 1. The molecule has 5 heteroatoms. The first-order valence-electron chi connectivity index (χ1n) is 6.44. The van der Waals surface area contributed by atoms with Gasteiger partial charge in [0.25, 0.3) is 0 Å². The van der Waals surface area contributed by atoms with Gasteiger partial charge in [-0.15, -0.1) is 0 Å². The number of halogens is 1. The molecule has 0 radical (unpaired) electrons. The van der Waals surface area contributed by atoms with Gasteiger partial charge in [0, 0.05) is 22.3 Å². The van der Waals surface area contributed by atoms with Crippen molar-refractivity contribution in [3.05, 3.63) is 59.8 Å². The molecule has 0 saturated heterocycles. The van der Waals surface area contributed by atoms with E-state index in [0.717, 1.165) is 22.3 Å². The van der Waals surface area contributed by atoms with Crippen LogP contribution in [0.5, 0.6) is 0 Å². The van der Waals surface area contributed by atoms with Crippen molar-refractivity contribution in [1.82, 2.24) is 4.98 Å². The summed E-state index contributed by atoms with van der Waals surface area (Å²) < 4.78 is 12.6. The van der Waals surface area contributed by atoms with Crippen LogP contribution in [0.3, 0.4) is 0 Å². The minimum absolute atomic E-state index is 0.154. The van der Waals surface area contributed by atoms with Gasteiger partial charge in [-0.1, -0.05) is 18.2 Å². The average molecular weight is 284 g/mol. The number of benzene rings is 2. The Morgan fingerprint density at radius 1 is 1.14 bits per heavy atom. The molecule has 1 heterocycles. The molecule has 3 N–H and O–H groups in total. The lowest BCUT2D eigenvalue weighted by atomic mass is 10.2. The van der Waals surface area contributed by atoms with Crippen molar-refractivity contribution in [3.8, 4) is 0 Å². The van der Waals surface area contributed by atoms with Gasteiger partial charge in [0.2, 0.25) is 0 Å². The smallest absolute Gasteiger partial charge is 0.352 e. The summed E-state index contributed by atoms with van der Waals surface area (Å²) >= 11 is 0. The molecule has 0 spiro atoms. The number of fused-ring (bicyclic) bond motifs is 1. The summed E-state index contributed by atoms with van der Waals surface area (Å²) in [6, 6.07) is 14.2. The molecule has 0 aliphatic rings. The number of alkyl halides is 1. The van der Waals surface area contributed by atoms with E-state index in [1.54, 1.807) is 24.3 Å². The fraction of sp³-hybridized carbons (Fsp3) is 0.0625. The van der Waals surface area contributed by atoms with E-state index in [4.69, 9.17) is 5.11 Å². The maximum atomic E-state index is 12.6. The number of hydrogen-bond donors (Lipinski definition) is 3. The predicted molar refractivity (Wildman–Crippen MR) is 79.8 cm³/mol. The molecular formula is C16H13FN2O2. The second-order valence-corrected chi connectivity index (χ2v) is 4.75. The molecule has 3 rings (SSSR count). The van der Waals surface area contributed by atoms with Crippen molar-refractivity contribution in [2.24, 2.45) is 0 Å². The number of carboxylic acids is 1. The van der Waals surface area contributed by atoms with Crippen molar-refractivity contribution in [3.63, 3.8) is 0 Å². The number of H-pyrrole nitrogens is 1. The van der Waals surface area contributed by atoms with Crippen LogP contribution in [0.2, 0.25) is 0 Å². The highest BCUT2D eigenvalue weighted by atomic mass is 19.1. The van der Waals surface area contributed by atoms with E-state index in [0.29, 0.717) is 5.56 Å². The molecule has 0 fully saturated rings. The maximum Gasteiger partial charge on any atom is 0.352 e. The standard InChI is InChI=1S/C16H13FN2O2/c17-9-10-2-1-3-12(6-10)18-13-5-4-11-7-15(16(20)21)19-14(11)8-13/h1-8,18-19H,9H2,(H,20,21). The summed E-state index contributed by atoms with van der Waals surface area (Å²) in [6.45, 7) is -0.507. The van der Waals surface area contributed by atoms with Gasteiger partial charge in [0.15, 0.2) is 0 Å². The van der Waals surface area contributed by atoms with Crippen LogP contribution >= 0.6 is 0 Å². The Bertz CT molecular complexity index is 811. The van der Waals surface area contributed by atoms with Gasteiger partial charge >= 0.3 is 5.97 Å². The lowest BCUT2D eigenvalue weighted by molar-refractivity contribution is 0.0691. The Balaban J connectivity index is 1.91. The molecule has 0 aliphatic carbocycles. The van der Waals surface area contributed by atoms with Crippen LogP contribution in [0.25, 0.3) is 10.9 Å². The normalized spacial score (nSPS) is 10.7. The van der Waals surface area contributed by atoms with Crippen LogP contribution in [0, 0.1) is 0 Å². The van der Waals surface area contributed by atoms with E-state index in [1.807, 2.05) is 24.3 Å². The highest BCUT2D eigenvalue weighted by molar-refractivity contribution is 5.94. The Morgan fingerprint density at radius 2 is 1.95 bits per heavy atom. The van der Waals surface area contributed by atoms with E-state index < -0.39 is 12.6 Å². The molecule has 2 aromatic carbocycles. The van der Waals surface area contributed by atoms with Gasteiger partial charge in [0.1, 0.15) is 12.4 Å². The summed E-state index contributed by atoms with van der Waals surface area (Å²) in [5, 5.41) is 13.0. The molecule has 106 valence electrons. The first-order chi connectivity index (χ1) is 10.2. The minimum atomic E-state index is -0.989. The Kier molecular flexibility index (Phi) is 3.31. The van der Waals surface area contributed by atoms with Crippen molar-refractivity contribution < 1.29 is 14.3 Å². The number of anilines is 2. The number of carbonyl (C=O) groups is 1. The molecule has 3 aromatic rings. The summed E-state index contributed by atoms with van der Waals surface area (Å²) in [4.78, 5) is 13.8. The van der Waals surface area contributed by atoms with E-state index in [1.165, 1.54) is 0 Å². The second-order valence-electron chi connectivity index (χ2n) is 4.75. The van der Waals surface area contributed by atoms with Crippen LogP contribution in [0.4, 0.5) is 15.8 Å². The molecule has 1 aromatic heterocycles. The molecule has 0 bridgehead atoms. The summed E-state index contributed by atoms with van der Waals surface area (Å²) in [5.74, 6) is -0.989. The molecule has 0 amide bonds. The average Bonchev–Trinajstić information content (AvgIpc) is 2.91. The molecule has 0 unspecified atom stereocenters. The van der Waals surface area contributed by atoms with Crippen molar-refractivity contribution in [2.45, 2.75) is 6.67 Å². The molecule has 0 atom stereocenters. The number of rotatable bonds is 4. The summed E-state index contributed by atoms with van der Waals surface area (Å²) in [5.41, 5.74) is 3.08. The zero-order valence-corrected chi connectivity index (χ0v) is 11.1. The number of hydrogen-bond acceptors (Lipinski definition) is 2. The van der Waals surface area contributed by atoms with Crippen LogP contribution in [0.15, 0.2) is 48.5 Å². The maximum absolute atomic E-state index is 12.6. The Hall–Kier alpha value is -2.82. The monoisotopic (exact) mass is 284 g/mol. The predicted octanol–water partition coefficient (Wildman–Crippen LogP) is 4.08. The lowest BCUT2D eigenvalue weighted by Crippen LogP contribution is -1.94. The van der Waals surface area contributed by atoms with Gasteiger partial charge in [-0.25, -0.2) is 9.18 Å². The SMILES string of the molecule is O=C(O)c1cc2ccc(Nc3cccc(CF)c3)cc2[nH]1. The van der Waals surface area contributed by atoms with Gasteiger partial charge in [-0.2, -0.15) is 0 Å². The summed E-state index contributed by atoms with van der Waals surface area (Å²) in [6.07, 6.45) is 0. The van der Waals surface area contributed by atoms with Crippen LogP contribution in [-0.2, 0) is 6.67 Å². The molecule has 4 nitrogen and oxygen atoms in total. The molecule has 0 saturated carbocycles. The zero-order valence-electron chi connectivity index (χ0n) is 11.1.